The van der Waals surface area contributed by atoms with E-state index in [2.05, 4.69) is 5.92 Å². The van der Waals surface area contributed by atoms with Crippen LogP contribution < -0.4 is 9.64 Å². The molecule has 0 aromatic heterocycles. The molecule has 1 aromatic rings. The second-order valence-corrected chi connectivity index (χ2v) is 5.87. The highest BCUT2D eigenvalue weighted by molar-refractivity contribution is 6.39. The van der Waals surface area contributed by atoms with Gasteiger partial charge < -0.3 is 4.74 Å². The summed E-state index contributed by atoms with van der Waals surface area (Å²) in [6.07, 6.45) is 5.15. The van der Waals surface area contributed by atoms with E-state index < -0.39 is 11.9 Å². The Hall–Kier alpha value is -2.16. The number of urea groups is 1. The number of imide groups is 1. The molecule has 1 fully saturated rings. The van der Waals surface area contributed by atoms with Crippen LogP contribution in [0.3, 0.4) is 0 Å². The first-order valence-corrected chi connectivity index (χ1v) is 7.40. The van der Waals surface area contributed by atoms with Crippen LogP contribution in [-0.2, 0) is 4.79 Å². The number of terminal acetylenes is 1. The van der Waals surface area contributed by atoms with Crippen molar-refractivity contribution in [2.75, 3.05) is 18.6 Å². The van der Waals surface area contributed by atoms with Gasteiger partial charge >= 0.3 is 6.03 Å². The zero-order valence-electron chi connectivity index (χ0n) is 12.8. The standard InChI is InChI=1S/C16H14Cl2N2O3/c1-5-6-23-13-8-12(10(17)7-11(13)18)20-15(21)14(9(2)3)19(4)16(20)22/h1,7-8H,6H2,2-4H3. The van der Waals surface area contributed by atoms with Gasteiger partial charge in [-0.2, -0.15) is 0 Å². The number of allylic oxidation sites excluding steroid dienone is 1. The number of anilines is 1. The number of carbonyl (C=O) groups is 2. The number of ether oxygens (including phenoxy) is 1. The molecule has 1 saturated heterocycles. The Morgan fingerprint density at radius 3 is 2.43 bits per heavy atom. The topological polar surface area (TPSA) is 49.9 Å². The summed E-state index contributed by atoms with van der Waals surface area (Å²) in [4.78, 5) is 27.3. The Kier molecular flexibility index (Phi) is 4.88. The summed E-state index contributed by atoms with van der Waals surface area (Å²) >= 11 is 12.2. The summed E-state index contributed by atoms with van der Waals surface area (Å²) in [6, 6.07) is 2.34. The Labute approximate surface area is 144 Å². The highest BCUT2D eigenvalue weighted by atomic mass is 35.5. The predicted octanol–water partition coefficient (Wildman–Crippen LogP) is 3.70. The molecule has 1 aliphatic rings. The van der Waals surface area contributed by atoms with Crippen molar-refractivity contribution in [2.24, 2.45) is 0 Å². The van der Waals surface area contributed by atoms with Gasteiger partial charge in [-0.1, -0.05) is 29.1 Å². The number of carbonyl (C=O) groups excluding carboxylic acids is 2. The summed E-state index contributed by atoms with van der Waals surface area (Å²) in [5.74, 6) is 2.11. The molecule has 1 heterocycles. The predicted molar refractivity (Wildman–Crippen MR) is 89.8 cm³/mol. The van der Waals surface area contributed by atoms with Crippen LogP contribution in [0.4, 0.5) is 10.5 Å². The normalized spacial score (nSPS) is 14.3. The molecule has 7 heteroatoms. The number of nitrogens with zero attached hydrogens (tertiary/aromatic N) is 2. The Bertz CT molecular complexity index is 761. The van der Waals surface area contributed by atoms with Gasteiger partial charge in [0.05, 0.1) is 15.7 Å². The SMILES string of the molecule is C#CCOc1cc(N2C(=O)C(=C(C)C)N(C)C2=O)c(Cl)cc1Cl. The number of halogens is 2. The average molecular weight is 353 g/mol. The number of hydrogen-bond donors (Lipinski definition) is 0. The third-order valence-corrected chi connectivity index (χ3v) is 3.84. The first-order valence-electron chi connectivity index (χ1n) is 6.64. The van der Waals surface area contributed by atoms with Gasteiger partial charge in [0.2, 0.25) is 0 Å². The Morgan fingerprint density at radius 1 is 1.26 bits per heavy atom. The molecule has 0 unspecified atom stereocenters. The fourth-order valence-electron chi connectivity index (χ4n) is 2.26. The van der Waals surface area contributed by atoms with E-state index in [0.29, 0.717) is 5.70 Å². The number of amides is 3. The largest absolute Gasteiger partial charge is 0.479 e. The van der Waals surface area contributed by atoms with E-state index in [0.717, 1.165) is 10.5 Å². The zero-order chi connectivity index (χ0) is 17.3. The minimum atomic E-state index is -0.502. The molecular formula is C16H14Cl2N2O3. The molecule has 1 aromatic carbocycles. The lowest BCUT2D eigenvalue weighted by Crippen LogP contribution is -2.31. The smallest absolute Gasteiger partial charge is 0.336 e. The number of hydrogen-bond acceptors (Lipinski definition) is 3. The van der Waals surface area contributed by atoms with Crippen LogP contribution in [-0.4, -0.2) is 30.5 Å². The van der Waals surface area contributed by atoms with Crippen LogP contribution in [0.5, 0.6) is 5.75 Å². The monoisotopic (exact) mass is 352 g/mol. The zero-order valence-corrected chi connectivity index (χ0v) is 14.3. The first-order chi connectivity index (χ1) is 10.8. The quantitative estimate of drug-likeness (QED) is 0.473. The maximum Gasteiger partial charge on any atom is 0.336 e. The lowest BCUT2D eigenvalue weighted by molar-refractivity contribution is -0.114. The molecule has 0 aliphatic carbocycles. The maximum atomic E-state index is 12.6. The summed E-state index contributed by atoms with van der Waals surface area (Å²) in [5, 5.41) is 0.400. The molecule has 0 bridgehead atoms. The molecule has 2 rings (SSSR count). The molecule has 5 nitrogen and oxygen atoms in total. The lowest BCUT2D eigenvalue weighted by Gasteiger charge is -2.17. The van der Waals surface area contributed by atoms with Crippen LogP contribution >= 0.6 is 23.2 Å². The molecule has 0 N–H and O–H groups in total. The minimum absolute atomic E-state index is 0.00179. The van der Waals surface area contributed by atoms with Crippen molar-refractivity contribution in [1.82, 2.24) is 4.90 Å². The van der Waals surface area contributed by atoms with Gasteiger partial charge in [-0.3, -0.25) is 9.69 Å². The molecule has 23 heavy (non-hydrogen) atoms. The second kappa shape index (κ2) is 6.53. The molecule has 3 amide bonds. The molecule has 0 spiro atoms. The average Bonchev–Trinajstić information content (AvgIpc) is 2.69. The van der Waals surface area contributed by atoms with Crippen LogP contribution in [0, 0.1) is 12.3 Å². The van der Waals surface area contributed by atoms with Crippen molar-refractivity contribution in [3.63, 3.8) is 0 Å². The van der Waals surface area contributed by atoms with E-state index >= 15 is 0 Å². The van der Waals surface area contributed by atoms with Crippen molar-refractivity contribution >= 4 is 40.8 Å². The highest BCUT2D eigenvalue weighted by Crippen LogP contribution is 2.39. The van der Waals surface area contributed by atoms with E-state index in [-0.39, 0.29) is 28.1 Å². The first kappa shape index (κ1) is 17.2. The molecule has 0 atom stereocenters. The number of benzene rings is 1. The molecular weight excluding hydrogens is 339 g/mol. The molecule has 1 aliphatic heterocycles. The maximum absolute atomic E-state index is 12.6. The highest BCUT2D eigenvalue weighted by Gasteiger charge is 2.41. The van der Waals surface area contributed by atoms with Gasteiger partial charge in [0.15, 0.2) is 0 Å². The Morgan fingerprint density at radius 2 is 1.91 bits per heavy atom. The van der Waals surface area contributed by atoms with Crippen molar-refractivity contribution in [3.8, 4) is 18.1 Å². The van der Waals surface area contributed by atoms with E-state index in [1.807, 2.05) is 0 Å². The van der Waals surface area contributed by atoms with E-state index in [4.69, 9.17) is 34.4 Å². The van der Waals surface area contributed by atoms with Gasteiger partial charge in [-0.15, -0.1) is 6.42 Å². The molecule has 0 radical (unpaired) electrons. The van der Waals surface area contributed by atoms with Crippen LogP contribution in [0.2, 0.25) is 10.0 Å². The summed E-state index contributed by atoms with van der Waals surface area (Å²) in [5.41, 5.74) is 1.23. The van der Waals surface area contributed by atoms with Gasteiger partial charge in [-0.25, -0.2) is 9.69 Å². The fourth-order valence-corrected chi connectivity index (χ4v) is 2.79. The number of likely N-dealkylation sites (N-methyl/N-ethyl adjacent to an activating group) is 1. The van der Waals surface area contributed by atoms with Crippen LogP contribution in [0.25, 0.3) is 0 Å². The lowest BCUT2D eigenvalue weighted by atomic mass is 10.2. The summed E-state index contributed by atoms with van der Waals surface area (Å²) in [7, 11) is 1.53. The minimum Gasteiger partial charge on any atom is -0.479 e. The van der Waals surface area contributed by atoms with Gasteiger partial charge in [0.25, 0.3) is 5.91 Å². The van der Waals surface area contributed by atoms with Crippen molar-refractivity contribution in [3.05, 3.63) is 33.4 Å². The van der Waals surface area contributed by atoms with E-state index in [1.165, 1.54) is 24.1 Å². The summed E-state index contributed by atoms with van der Waals surface area (Å²) in [6.45, 7) is 3.51. The van der Waals surface area contributed by atoms with Crippen LogP contribution in [0.15, 0.2) is 23.4 Å². The van der Waals surface area contributed by atoms with Crippen molar-refractivity contribution in [2.45, 2.75) is 13.8 Å². The molecule has 120 valence electrons. The van der Waals surface area contributed by atoms with Crippen molar-refractivity contribution in [1.29, 1.82) is 0 Å². The van der Waals surface area contributed by atoms with E-state index in [9.17, 15) is 9.59 Å². The van der Waals surface area contributed by atoms with E-state index in [1.54, 1.807) is 13.8 Å². The van der Waals surface area contributed by atoms with Gasteiger partial charge in [-0.05, 0) is 25.5 Å². The summed E-state index contributed by atoms with van der Waals surface area (Å²) < 4.78 is 5.31. The van der Waals surface area contributed by atoms with Crippen LogP contribution in [0.1, 0.15) is 13.8 Å². The van der Waals surface area contributed by atoms with Gasteiger partial charge in [0.1, 0.15) is 18.1 Å². The second-order valence-electron chi connectivity index (χ2n) is 5.06. The molecule has 0 saturated carbocycles. The Balaban J connectivity index is 2.54. The third kappa shape index (κ3) is 3.00. The van der Waals surface area contributed by atoms with Gasteiger partial charge in [0, 0.05) is 13.1 Å². The number of rotatable bonds is 3. The third-order valence-electron chi connectivity index (χ3n) is 3.25. The fraction of sp³-hybridized carbons (Fsp3) is 0.250. The van der Waals surface area contributed by atoms with Crippen molar-refractivity contribution < 1.29 is 14.3 Å².